The standard InChI is InChI=1S/C24H32O3/c1-2-23-8-6-15-14-5-4-13(26)10-16(14)17-11-18(17)21(15)22(23)19-12-20(19)24(23,27)7-3-9-25/h3,7,10,14-15,17-22,25,27H,2,4-6,8-9,11-12H2,1H3/b7-3-/t14-,15?,17?,18?,19?,20+,21?,22?,23+,24+/m1/s1. The zero-order valence-electron chi connectivity index (χ0n) is 16.3. The van der Waals surface area contributed by atoms with Gasteiger partial charge >= 0.3 is 0 Å². The molecule has 0 aliphatic heterocycles. The molecule has 6 aliphatic carbocycles. The molecule has 0 aromatic heterocycles. The molecule has 5 fully saturated rings. The summed E-state index contributed by atoms with van der Waals surface area (Å²) in [6.07, 6.45) is 13.5. The van der Waals surface area contributed by atoms with Gasteiger partial charge in [-0.2, -0.15) is 0 Å². The number of aliphatic hydroxyl groups is 2. The number of carbonyl (C=O) groups is 1. The molecule has 3 nitrogen and oxygen atoms in total. The van der Waals surface area contributed by atoms with E-state index in [-0.39, 0.29) is 12.0 Å². The fraction of sp³-hybridized carbons (Fsp3) is 0.792. The molecule has 0 saturated heterocycles. The summed E-state index contributed by atoms with van der Waals surface area (Å²) >= 11 is 0. The van der Waals surface area contributed by atoms with E-state index in [1.54, 1.807) is 6.08 Å². The Morgan fingerprint density at radius 3 is 2.81 bits per heavy atom. The molecule has 0 bridgehead atoms. The van der Waals surface area contributed by atoms with Crippen molar-refractivity contribution in [3.05, 3.63) is 23.8 Å². The first kappa shape index (κ1) is 17.0. The molecule has 0 radical (unpaired) electrons. The largest absolute Gasteiger partial charge is 0.392 e. The van der Waals surface area contributed by atoms with E-state index in [2.05, 4.69) is 6.92 Å². The summed E-state index contributed by atoms with van der Waals surface area (Å²) in [6.45, 7) is 2.30. The third-order valence-electron chi connectivity index (χ3n) is 9.98. The molecule has 6 rings (SSSR count). The summed E-state index contributed by atoms with van der Waals surface area (Å²) in [6, 6.07) is 0. The number of aliphatic hydroxyl groups excluding tert-OH is 1. The number of ketones is 1. The lowest BCUT2D eigenvalue weighted by molar-refractivity contribution is -0.130. The summed E-state index contributed by atoms with van der Waals surface area (Å²) in [5.41, 5.74) is 0.808. The summed E-state index contributed by atoms with van der Waals surface area (Å²) in [5.74, 6) is 5.68. The third-order valence-corrected chi connectivity index (χ3v) is 9.98. The molecule has 146 valence electrons. The van der Waals surface area contributed by atoms with Gasteiger partial charge in [-0.15, -0.1) is 0 Å². The normalized spacial score (nSPS) is 57.3. The van der Waals surface area contributed by atoms with Crippen molar-refractivity contribution in [2.45, 2.75) is 57.5 Å². The summed E-state index contributed by atoms with van der Waals surface area (Å²) < 4.78 is 0. The fourth-order valence-electron chi connectivity index (χ4n) is 9.03. The van der Waals surface area contributed by atoms with Crippen molar-refractivity contribution < 1.29 is 15.0 Å². The Morgan fingerprint density at radius 1 is 1.19 bits per heavy atom. The second-order valence-corrected chi connectivity index (χ2v) is 10.5. The number of rotatable bonds is 3. The lowest BCUT2D eigenvalue weighted by Gasteiger charge is -2.58. The van der Waals surface area contributed by atoms with Gasteiger partial charge in [0.15, 0.2) is 5.78 Å². The molecular weight excluding hydrogens is 336 g/mol. The van der Waals surface area contributed by atoms with Crippen LogP contribution < -0.4 is 0 Å². The Bertz CT molecular complexity index is 753. The van der Waals surface area contributed by atoms with Gasteiger partial charge in [-0.05, 0) is 91.9 Å². The SMILES string of the molecule is CC[C@]12CCC3C(C4CC4C4=CC(=O)CC[C@@H]43)C1C1C[C@@H]1[C@@]2(O)/C=C\CO. The highest BCUT2D eigenvalue weighted by molar-refractivity contribution is 5.91. The van der Waals surface area contributed by atoms with Crippen molar-refractivity contribution in [3.63, 3.8) is 0 Å². The first-order chi connectivity index (χ1) is 13.1. The third kappa shape index (κ3) is 1.93. The number of fused-ring (bicyclic) bond motifs is 10. The Kier molecular flexibility index (Phi) is 3.37. The summed E-state index contributed by atoms with van der Waals surface area (Å²) in [7, 11) is 0. The van der Waals surface area contributed by atoms with Crippen LogP contribution in [0.2, 0.25) is 0 Å². The lowest BCUT2D eigenvalue weighted by atomic mass is 9.47. The molecule has 0 aromatic rings. The van der Waals surface area contributed by atoms with Crippen molar-refractivity contribution in [1.29, 1.82) is 0 Å². The quantitative estimate of drug-likeness (QED) is 0.750. The van der Waals surface area contributed by atoms with Crippen molar-refractivity contribution in [2.24, 2.45) is 52.8 Å². The molecule has 10 atom stereocenters. The highest BCUT2D eigenvalue weighted by atomic mass is 16.3. The zero-order chi connectivity index (χ0) is 18.6. The first-order valence-electron chi connectivity index (χ1n) is 11.3. The van der Waals surface area contributed by atoms with Gasteiger partial charge in [-0.25, -0.2) is 0 Å². The van der Waals surface area contributed by atoms with E-state index in [0.717, 1.165) is 43.4 Å². The Labute approximate surface area is 161 Å². The van der Waals surface area contributed by atoms with Gasteiger partial charge in [0.2, 0.25) is 0 Å². The smallest absolute Gasteiger partial charge is 0.155 e. The molecule has 0 amide bonds. The van der Waals surface area contributed by atoms with E-state index in [4.69, 9.17) is 0 Å². The number of hydrogen-bond donors (Lipinski definition) is 2. The maximum Gasteiger partial charge on any atom is 0.155 e. The van der Waals surface area contributed by atoms with Crippen LogP contribution in [0.15, 0.2) is 23.8 Å². The van der Waals surface area contributed by atoms with Crippen molar-refractivity contribution in [3.8, 4) is 0 Å². The van der Waals surface area contributed by atoms with Crippen LogP contribution in [0.4, 0.5) is 0 Å². The topological polar surface area (TPSA) is 57.5 Å². The Morgan fingerprint density at radius 2 is 2.04 bits per heavy atom. The number of carbonyl (C=O) groups excluding carboxylic acids is 1. The van der Waals surface area contributed by atoms with Gasteiger partial charge in [0, 0.05) is 11.8 Å². The van der Waals surface area contributed by atoms with Crippen LogP contribution in [0.5, 0.6) is 0 Å². The van der Waals surface area contributed by atoms with Crippen LogP contribution in [0.1, 0.15) is 51.9 Å². The maximum absolute atomic E-state index is 12.0. The van der Waals surface area contributed by atoms with Crippen LogP contribution in [0.25, 0.3) is 0 Å². The molecule has 6 unspecified atom stereocenters. The van der Waals surface area contributed by atoms with Crippen LogP contribution in [0, 0.1) is 52.8 Å². The minimum atomic E-state index is -0.714. The average molecular weight is 369 g/mol. The predicted molar refractivity (Wildman–Crippen MR) is 103 cm³/mol. The number of allylic oxidation sites excluding steroid dienone is 1. The molecule has 3 heteroatoms. The van der Waals surface area contributed by atoms with E-state index in [0.29, 0.717) is 35.4 Å². The molecule has 0 spiro atoms. The molecule has 0 heterocycles. The second-order valence-electron chi connectivity index (χ2n) is 10.5. The van der Waals surface area contributed by atoms with E-state index in [9.17, 15) is 15.0 Å². The number of hydrogen-bond acceptors (Lipinski definition) is 3. The monoisotopic (exact) mass is 368 g/mol. The highest BCUT2D eigenvalue weighted by Crippen LogP contribution is 2.80. The van der Waals surface area contributed by atoms with Gasteiger partial charge in [-0.3, -0.25) is 4.79 Å². The first-order valence-corrected chi connectivity index (χ1v) is 11.3. The highest BCUT2D eigenvalue weighted by Gasteiger charge is 2.78. The van der Waals surface area contributed by atoms with Gasteiger partial charge in [0.25, 0.3) is 0 Å². The molecule has 6 aliphatic rings. The van der Waals surface area contributed by atoms with E-state index in [1.165, 1.54) is 24.8 Å². The molecule has 2 N–H and O–H groups in total. The van der Waals surface area contributed by atoms with Gasteiger partial charge in [0.05, 0.1) is 12.2 Å². The zero-order valence-corrected chi connectivity index (χ0v) is 16.3. The molecule has 27 heavy (non-hydrogen) atoms. The van der Waals surface area contributed by atoms with Crippen LogP contribution in [-0.2, 0) is 4.79 Å². The Hall–Kier alpha value is -0.930. The molecular formula is C24H32O3. The minimum Gasteiger partial charge on any atom is -0.392 e. The van der Waals surface area contributed by atoms with E-state index in [1.807, 2.05) is 12.2 Å². The molecule has 5 saturated carbocycles. The average Bonchev–Trinajstić information content (AvgIpc) is 3.58. The van der Waals surface area contributed by atoms with Crippen LogP contribution in [-0.4, -0.2) is 28.2 Å². The Balaban J connectivity index is 1.41. The fourth-order valence-corrected chi connectivity index (χ4v) is 9.03. The lowest BCUT2D eigenvalue weighted by Crippen LogP contribution is -2.56. The van der Waals surface area contributed by atoms with Crippen LogP contribution in [0.3, 0.4) is 0 Å². The van der Waals surface area contributed by atoms with Gasteiger partial charge in [-0.1, -0.05) is 24.6 Å². The second kappa shape index (κ2) is 5.36. The van der Waals surface area contributed by atoms with Gasteiger partial charge < -0.3 is 10.2 Å². The van der Waals surface area contributed by atoms with E-state index < -0.39 is 5.60 Å². The van der Waals surface area contributed by atoms with E-state index >= 15 is 0 Å². The van der Waals surface area contributed by atoms with Crippen molar-refractivity contribution >= 4 is 5.78 Å². The predicted octanol–water partition coefficient (Wildman–Crippen LogP) is 3.51. The van der Waals surface area contributed by atoms with Crippen molar-refractivity contribution in [2.75, 3.05) is 6.61 Å². The summed E-state index contributed by atoms with van der Waals surface area (Å²) in [4.78, 5) is 12.0. The van der Waals surface area contributed by atoms with Crippen LogP contribution >= 0.6 is 0 Å². The minimum absolute atomic E-state index is 0.00621. The maximum atomic E-state index is 12.0. The summed E-state index contributed by atoms with van der Waals surface area (Å²) in [5, 5.41) is 21.2. The van der Waals surface area contributed by atoms with Gasteiger partial charge in [0.1, 0.15) is 0 Å². The van der Waals surface area contributed by atoms with Crippen molar-refractivity contribution in [1.82, 2.24) is 0 Å². The molecule has 0 aromatic carbocycles.